The van der Waals surface area contributed by atoms with E-state index in [0.717, 1.165) is 10.0 Å². The SMILES string of the molecule is CSc1ccccc1S(=O)(=O)N1CCC(C(=O)Nc2nnc(-c3ccc(Br)cc3)o2)CC1. The molecule has 2 aromatic carbocycles. The molecule has 1 fully saturated rings. The normalized spacial score (nSPS) is 15.6. The topological polar surface area (TPSA) is 105 Å². The first-order valence-corrected chi connectivity index (χ1v) is 13.4. The maximum Gasteiger partial charge on any atom is 0.322 e. The Hall–Kier alpha value is -2.21. The molecule has 11 heteroatoms. The number of carbonyl (C=O) groups excluding carboxylic acids is 1. The first-order chi connectivity index (χ1) is 15.4. The maximum absolute atomic E-state index is 13.1. The number of piperidine rings is 1. The van der Waals surface area contributed by atoms with E-state index in [0.29, 0.717) is 28.5 Å². The molecule has 1 aliphatic heterocycles. The van der Waals surface area contributed by atoms with Crippen molar-refractivity contribution in [2.24, 2.45) is 5.92 Å². The molecule has 1 aliphatic rings. The summed E-state index contributed by atoms with van der Waals surface area (Å²) in [5.74, 6) is -0.279. The second-order valence-electron chi connectivity index (χ2n) is 7.24. The van der Waals surface area contributed by atoms with Crippen molar-refractivity contribution in [3.8, 4) is 11.5 Å². The number of nitrogens with one attached hydrogen (secondary N) is 1. The van der Waals surface area contributed by atoms with Gasteiger partial charge < -0.3 is 4.42 Å². The summed E-state index contributed by atoms with van der Waals surface area (Å²) in [5.41, 5.74) is 0.741. The summed E-state index contributed by atoms with van der Waals surface area (Å²) in [5, 5.41) is 10.5. The Morgan fingerprint density at radius 1 is 1.12 bits per heavy atom. The van der Waals surface area contributed by atoms with E-state index in [1.165, 1.54) is 16.1 Å². The Morgan fingerprint density at radius 3 is 2.50 bits per heavy atom. The fraction of sp³-hybridized carbons (Fsp3) is 0.286. The monoisotopic (exact) mass is 536 g/mol. The average Bonchev–Trinajstić information content (AvgIpc) is 3.28. The zero-order valence-corrected chi connectivity index (χ0v) is 20.4. The molecule has 1 saturated heterocycles. The summed E-state index contributed by atoms with van der Waals surface area (Å²) in [4.78, 5) is 13.7. The van der Waals surface area contributed by atoms with Crippen molar-refractivity contribution in [2.75, 3.05) is 24.7 Å². The number of hydrogen-bond acceptors (Lipinski definition) is 7. The molecule has 4 rings (SSSR count). The van der Waals surface area contributed by atoms with Gasteiger partial charge in [0.05, 0.1) is 4.90 Å². The number of nitrogens with zero attached hydrogens (tertiary/aromatic N) is 3. The summed E-state index contributed by atoms with van der Waals surface area (Å²) in [6, 6.07) is 14.4. The van der Waals surface area contributed by atoms with Crippen molar-refractivity contribution in [1.82, 2.24) is 14.5 Å². The predicted octanol–water partition coefficient (Wildman–Crippen LogP) is 4.26. The molecule has 0 saturated carbocycles. The lowest BCUT2D eigenvalue weighted by Gasteiger charge is -2.30. The third kappa shape index (κ3) is 4.90. The van der Waals surface area contributed by atoms with Crippen LogP contribution in [0.25, 0.3) is 11.5 Å². The van der Waals surface area contributed by atoms with Crippen molar-refractivity contribution in [3.63, 3.8) is 0 Å². The van der Waals surface area contributed by atoms with Crippen LogP contribution in [0.2, 0.25) is 0 Å². The lowest BCUT2D eigenvalue weighted by atomic mass is 9.97. The van der Waals surface area contributed by atoms with Gasteiger partial charge in [0.15, 0.2) is 0 Å². The number of halogens is 1. The molecule has 0 aliphatic carbocycles. The van der Waals surface area contributed by atoms with Gasteiger partial charge in [-0.3, -0.25) is 10.1 Å². The molecule has 2 heterocycles. The third-order valence-electron chi connectivity index (χ3n) is 5.26. The molecule has 1 aromatic heterocycles. The highest BCUT2D eigenvalue weighted by Gasteiger charge is 2.33. The largest absolute Gasteiger partial charge is 0.403 e. The summed E-state index contributed by atoms with van der Waals surface area (Å²) in [7, 11) is -3.61. The van der Waals surface area contributed by atoms with E-state index in [2.05, 4.69) is 31.4 Å². The number of sulfonamides is 1. The van der Waals surface area contributed by atoms with Crippen LogP contribution in [0, 0.1) is 5.92 Å². The number of amides is 1. The van der Waals surface area contributed by atoms with Crippen molar-refractivity contribution in [1.29, 1.82) is 0 Å². The van der Waals surface area contributed by atoms with E-state index in [4.69, 9.17) is 4.42 Å². The zero-order valence-electron chi connectivity index (χ0n) is 17.2. The van der Waals surface area contributed by atoms with E-state index < -0.39 is 10.0 Å². The molecule has 0 unspecified atom stereocenters. The van der Waals surface area contributed by atoms with Crippen LogP contribution in [0.1, 0.15) is 12.8 Å². The third-order valence-corrected chi connectivity index (χ3v) is 8.67. The summed E-state index contributed by atoms with van der Waals surface area (Å²) in [6.07, 6.45) is 2.69. The smallest absolute Gasteiger partial charge is 0.322 e. The quantitative estimate of drug-likeness (QED) is 0.469. The fourth-order valence-corrected chi connectivity index (χ4v) is 6.38. The molecule has 8 nitrogen and oxygen atoms in total. The van der Waals surface area contributed by atoms with Crippen molar-refractivity contribution >= 4 is 49.6 Å². The molecular weight excluding hydrogens is 516 g/mol. The highest BCUT2D eigenvalue weighted by molar-refractivity contribution is 9.10. The van der Waals surface area contributed by atoms with Crippen molar-refractivity contribution in [3.05, 3.63) is 53.0 Å². The Kier molecular flexibility index (Phi) is 6.99. The van der Waals surface area contributed by atoms with E-state index in [1.807, 2.05) is 36.6 Å². The van der Waals surface area contributed by atoms with Gasteiger partial charge in [0, 0.05) is 33.9 Å². The number of rotatable bonds is 6. The lowest BCUT2D eigenvalue weighted by Crippen LogP contribution is -2.41. The predicted molar refractivity (Wildman–Crippen MR) is 126 cm³/mol. The second-order valence-corrected chi connectivity index (χ2v) is 10.9. The van der Waals surface area contributed by atoms with Crippen LogP contribution < -0.4 is 5.32 Å². The van der Waals surface area contributed by atoms with Gasteiger partial charge in [-0.2, -0.15) is 4.31 Å². The summed E-state index contributed by atoms with van der Waals surface area (Å²) in [6.45, 7) is 0.550. The average molecular weight is 537 g/mol. The van der Waals surface area contributed by atoms with E-state index in [1.54, 1.807) is 18.2 Å². The number of aromatic nitrogens is 2. The van der Waals surface area contributed by atoms with Crippen molar-refractivity contribution < 1.29 is 17.6 Å². The maximum atomic E-state index is 13.1. The molecular formula is C21H21BrN4O4S2. The first kappa shape index (κ1) is 23.0. The lowest BCUT2D eigenvalue weighted by molar-refractivity contribution is -0.121. The van der Waals surface area contributed by atoms with Gasteiger partial charge in [-0.05, 0) is 55.5 Å². The zero-order chi connectivity index (χ0) is 22.7. The standard InChI is InChI=1S/C21H21BrN4O4S2/c1-31-17-4-2-3-5-18(17)32(28,29)26-12-10-14(11-13-26)19(27)23-21-25-24-20(30-21)15-6-8-16(22)9-7-15/h2-9,14H,10-13H2,1H3,(H,23,25,27). The van der Waals surface area contributed by atoms with E-state index in [-0.39, 0.29) is 30.9 Å². The van der Waals surface area contributed by atoms with Gasteiger partial charge in [-0.15, -0.1) is 16.9 Å². The van der Waals surface area contributed by atoms with Crippen molar-refractivity contribution in [2.45, 2.75) is 22.6 Å². The Morgan fingerprint density at radius 2 is 1.81 bits per heavy atom. The van der Waals surface area contributed by atoms with Crippen LogP contribution in [0.15, 0.2) is 67.2 Å². The van der Waals surface area contributed by atoms with Gasteiger partial charge in [-0.1, -0.05) is 33.2 Å². The van der Waals surface area contributed by atoms with Gasteiger partial charge >= 0.3 is 6.01 Å². The molecule has 1 N–H and O–H groups in total. The number of thioether (sulfide) groups is 1. The molecule has 1 amide bonds. The second kappa shape index (κ2) is 9.74. The molecule has 32 heavy (non-hydrogen) atoms. The minimum absolute atomic E-state index is 0.0249. The first-order valence-electron chi connectivity index (χ1n) is 9.92. The van der Waals surface area contributed by atoms with Crippen LogP contribution in [-0.2, 0) is 14.8 Å². The number of carbonyl (C=O) groups is 1. The van der Waals surface area contributed by atoms with Gasteiger partial charge in [0.25, 0.3) is 0 Å². The van der Waals surface area contributed by atoms with Crippen LogP contribution >= 0.6 is 27.7 Å². The molecule has 0 spiro atoms. The van der Waals surface area contributed by atoms with Crippen LogP contribution in [0.5, 0.6) is 0 Å². The Bertz CT molecular complexity index is 1210. The molecule has 0 atom stereocenters. The molecule has 0 radical (unpaired) electrons. The summed E-state index contributed by atoms with van der Waals surface area (Å²) >= 11 is 4.77. The van der Waals surface area contributed by atoms with Gasteiger partial charge in [0.1, 0.15) is 0 Å². The minimum Gasteiger partial charge on any atom is -0.403 e. The molecule has 3 aromatic rings. The van der Waals surface area contributed by atoms with Crippen LogP contribution in [0.3, 0.4) is 0 Å². The number of hydrogen-bond donors (Lipinski definition) is 1. The Labute approximate surface area is 199 Å². The summed E-state index contributed by atoms with van der Waals surface area (Å²) < 4.78 is 34.1. The van der Waals surface area contributed by atoms with Crippen LogP contribution in [0.4, 0.5) is 6.01 Å². The molecule has 0 bridgehead atoms. The van der Waals surface area contributed by atoms with Crippen LogP contribution in [-0.4, -0.2) is 48.2 Å². The minimum atomic E-state index is -3.61. The van der Waals surface area contributed by atoms with E-state index in [9.17, 15) is 13.2 Å². The van der Waals surface area contributed by atoms with E-state index >= 15 is 0 Å². The van der Waals surface area contributed by atoms with Gasteiger partial charge in [0.2, 0.25) is 21.8 Å². The Balaban J connectivity index is 1.37. The molecule has 168 valence electrons. The van der Waals surface area contributed by atoms with Gasteiger partial charge in [-0.25, -0.2) is 8.42 Å². The fourth-order valence-electron chi connectivity index (χ4n) is 3.52. The number of anilines is 1. The number of benzene rings is 2. The highest BCUT2D eigenvalue weighted by Crippen LogP contribution is 2.30. The highest BCUT2D eigenvalue weighted by atomic mass is 79.9.